The third-order valence-corrected chi connectivity index (χ3v) is 7.17. The van der Waals surface area contributed by atoms with Crippen LogP contribution < -0.4 is 5.01 Å². The molecule has 1 fully saturated rings. The zero-order chi connectivity index (χ0) is 20.7. The van der Waals surface area contributed by atoms with E-state index in [-0.39, 0.29) is 0 Å². The van der Waals surface area contributed by atoms with Crippen molar-refractivity contribution in [2.45, 2.75) is 13.1 Å². The Morgan fingerprint density at radius 2 is 1.77 bits per heavy atom. The van der Waals surface area contributed by atoms with Crippen molar-refractivity contribution in [1.29, 1.82) is 0 Å². The number of thiazole rings is 1. The molecule has 1 saturated heterocycles. The summed E-state index contributed by atoms with van der Waals surface area (Å²) in [6.45, 7) is 4.21. The number of anilines is 1. The lowest BCUT2D eigenvalue weighted by Crippen LogP contribution is -2.53. The van der Waals surface area contributed by atoms with Gasteiger partial charge in [0.15, 0.2) is 3.95 Å². The van der Waals surface area contributed by atoms with Gasteiger partial charge in [0.2, 0.25) is 0 Å². The zero-order valence-corrected chi connectivity index (χ0v) is 18.0. The van der Waals surface area contributed by atoms with Crippen LogP contribution in [0.2, 0.25) is 0 Å². The molecule has 0 amide bonds. The molecule has 3 heterocycles. The molecule has 2 aromatic carbocycles. The minimum atomic E-state index is -0.855. The van der Waals surface area contributed by atoms with E-state index >= 15 is 0 Å². The van der Waals surface area contributed by atoms with E-state index in [0.717, 1.165) is 48.1 Å². The fourth-order valence-electron chi connectivity index (χ4n) is 4.16. The molecule has 0 atom stereocenters. The SMILES string of the molecule is O=C(O)C1=CN(N2CCN(Cn3c(=S)sc4ccccc43)CC2)c2ccccc2C1. The molecule has 1 N–H and O–H groups in total. The number of hydrogen-bond donors (Lipinski definition) is 1. The summed E-state index contributed by atoms with van der Waals surface area (Å²) in [6.07, 6.45) is 2.24. The monoisotopic (exact) mass is 438 g/mol. The third-order valence-electron chi connectivity index (χ3n) is 5.74. The van der Waals surface area contributed by atoms with Gasteiger partial charge in [-0.2, -0.15) is 0 Å². The van der Waals surface area contributed by atoms with Crippen molar-refractivity contribution in [1.82, 2.24) is 14.5 Å². The summed E-state index contributed by atoms with van der Waals surface area (Å²) >= 11 is 7.26. The fourth-order valence-corrected chi connectivity index (χ4v) is 5.47. The molecule has 0 radical (unpaired) electrons. The van der Waals surface area contributed by atoms with Gasteiger partial charge in [-0.3, -0.25) is 9.91 Å². The van der Waals surface area contributed by atoms with E-state index in [0.29, 0.717) is 12.0 Å². The Kier molecular flexibility index (Phi) is 5.16. The number of aliphatic carboxylic acids is 1. The molecule has 6 nitrogen and oxygen atoms in total. The highest BCUT2D eigenvalue weighted by molar-refractivity contribution is 7.73. The summed E-state index contributed by atoms with van der Waals surface area (Å²) in [7, 11) is 0. The van der Waals surface area contributed by atoms with Gasteiger partial charge >= 0.3 is 5.97 Å². The maximum atomic E-state index is 11.6. The smallest absolute Gasteiger partial charge is 0.333 e. The molecule has 0 bridgehead atoms. The van der Waals surface area contributed by atoms with E-state index in [1.165, 1.54) is 10.2 Å². The Morgan fingerprint density at radius 3 is 2.57 bits per heavy atom. The second kappa shape index (κ2) is 7.96. The Bertz CT molecular complexity index is 1190. The van der Waals surface area contributed by atoms with Crippen LogP contribution in [0.15, 0.2) is 60.3 Å². The number of fused-ring (bicyclic) bond motifs is 2. The van der Waals surface area contributed by atoms with Gasteiger partial charge in [0.05, 0.1) is 28.1 Å². The van der Waals surface area contributed by atoms with Gasteiger partial charge in [0.25, 0.3) is 0 Å². The van der Waals surface area contributed by atoms with Crippen LogP contribution >= 0.6 is 23.6 Å². The average molecular weight is 439 g/mol. The first-order chi connectivity index (χ1) is 14.6. The van der Waals surface area contributed by atoms with Gasteiger partial charge in [-0.05, 0) is 36.0 Å². The van der Waals surface area contributed by atoms with Crippen LogP contribution in [0.4, 0.5) is 5.69 Å². The lowest BCUT2D eigenvalue weighted by molar-refractivity contribution is -0.132. The second-order valence-electron chi connectivity index (χ2n) is 7.59. The van der Waals surface area contributed by atoms with Crippen LogP contribution in [0, 0.1) is 3.95 Å². The van der Waals surface area contributed by atoms with E-state index in [1.54, 1.807) is 17.5 Å². The lowest BCUT2D eigenvalue weighted by Gasteiger charge is -2.42. The maximum absolute atomic E-state index is 11.6. The van der Waals surface area contributed by atoms with Crippen molar-refractivity contribution < 1.29 is 9.90 Å². The Morgan fingerprint density at radius 1 is 1.03 bits per heavy atom. The molecule has 0 unspecified atom stereocenters. The van der Waals surface area contributed by atoms with Crippen LogP contribution in [-0.4, -0.2) is 51.7 Å². The topological polar surface area (TPSA) is 52.0 Å². The van der Waals surface area contributed by atoms with Gasteiger partial charge in [-0.1, -0.05) is 30.3 Å². The van der Waals surface area contributed by atoms with E-state index < -0.39 is 5.97 Å². The summed E-state index contributed by atoms with van der Waals surface area (Å²) in [6, 6.07) is 16.4. The number of para-hydroxylation sites is 2. The van der Waals surface area contributed by atoms with Gasteiger partial charge in [-0.25, -0.2) is 9.80 Å². The van der Waals surface area contributed by atoms with E-state index in [1.807, 2.05) is 29.3 Å². The Labute approximate surface area is 183 Å². The first-order valence-electron chi connectivity index (χ1n) is 9.97. The Hall–Kier alpha value is -2.52. The fraction of sp³-hybridized carbons (Fsp3) is 0.273. The van der Waals surface area contributed by atoms with Crippen LogP contribution in [-0.2, 0) is 17.9 Å². The van der Waals surface area contributed by atoms with E-state index in [2.05, 4.69) is 38.7 Å². The predicted octanol–water partition coefficient (Wildman–Crippen LogP) is 3.95. The minimum absolute atomic E-state index is 0.423. The molecule has 5 rings (SSSR count). The van der Waals surface area contributed by atoms with Crippen LogP contribution in [0.5, 0.6) is 0 Å². The number of hydrogen-bond acceptors (Lipinski definition) is 6. The van der Waals surface area contributed by atoms with Crippen LogP contribution in [0.3, 0.4) is 0 Å². The standard InChI is InChI=1S/C22H22N4O2S2/c27-21(28)17-13-16-5-1-2-6-18(16)26(14-17)24-11-9-23(10-12-24)15-25-19-7-3-4-8-20(19)30-22(25)29/h1-8,14H,9-13,15H2,(H,27,28). The Balaban J connectivity index is 1.33. The molecule has 0 saturated carbocycles. The zero-order valence-electron chi connectivity index (χ0n) is 16.4. The summed E-state index contributed by atoms with van der Waals surface area (Å²) in [4.78, 5) is 14.0. The first-order valence-corrected chi connectivity index (χ1v) is 11.2. The summed E-state index contributed by atoms with van der Waals surface area (Å²) < 4.78 is 4.33. The molecule has 154 valence electrons. The van der Waals surface area contributed by atoms with E-state index in [4.69, 9.17) is 12.2 Å². The summed E-state index contributed by atoms with van der Waals surface area (Å²) in [5.41, 5.74) is 3.74. The van der Waals surface area contributed by atoms with Crippen LogP contribution in [0.1, 0.15) is 5.56 Å². The predicted molar refractivity (Wildman–Crippen MR) is 122 cm³/mol. The average Bonchev–Trinajstić information content (AvgIpc) is 3.08. The van der Waals surface area contributed by atoms with Crippen molar-refractivity contribution in [3.63, 3.8) is 0 Å². The van der Waals surface area contributed by atoms with Crippen molar-refractivity contribution in [2.24, 2.45) is 0 Å². The van der Waals surface area contributed by atoms with Crippen LogP contribution in [0.25, 0.3) is 10.2 Å². The second-order valence-corrected chi connectivity index (χ2v) is 9.26. The normalized spacial score (nSPS) is 17.7. The molecular weight excluding hydrogens is 416 g/mol. The van der Waals surface area contributed by atoms with Gasteiger partial charge < -0.3 is 9.67 Å². The van der Waals surface area contributed by atoms with Gasteiger partial charge in [0, 0.05) is 38.8 Å². The number of piperazine rings is 1. The number of carbonyl (C=O) groups is 1. The highest BCUT2D eigenvalue weighted by Gasteiger charge is 2.27. The molecule has 3 aromatic rings. The highest BCUT2D eigenvalue weighted by Crippen LogP contribution is 2.31. The van der Waals surface area contributed by atoms with Gasteiger partial charge in [-0.15, -0.1) is 11.3 Å². The highest BCUT2D eigenvalue weighted by atomic mass is 32.1. The lowest BCUT2D eigenvalue weighted by atomic mass is 10.0. The molecule has 2 aliphatic rings. The summed E-state index contributed by atoms with van der Waals surface area (Å²) in [5, 5.41) is 13.8. The number of carboxylic acid groups (broad SMARTS) is 1. The number of benzene rings is 2. The first kappa shape index (κ1) is 19.4. The molecule has 30 heavy (non-hydrogen) atoms. The van der Waals surface area contributed by atoms with Crippen molar-refractivity contribution in [2.75, 3.05) is 31.2 Å². The number of nitrogens with zero attached hydrogens (tertiary/aromatic N) is 4. The number of aromatic nitrogens is 1. The molecule has 1 aromatic heterocycles. The minimum Gasteiger partial charge on any atom is -0.478 e. The van der Waals surface area contributed by atoms with Crippen molar-refractivity contribution in [3.8, 4) is 0 Å². The van der Waals surface area contributed by atoms with Gasteiger partial charge in [0.1, 0.15) is 0 Å². The molecular formula is C22H22N4O2S2. The van der Waals surface area contributed by atoms with Crippen molar-refractivity contribution in [3.05, 3.63) is 69.8 Å². The summed E-state index contributed by atoms with van der Waals surface area (Å²) in [5.74, 6) is -0.855. The van der Waals surface area contributed by atoms with E-state index in [9.17, 15) is 9.90 Å². The number of rotatable bonds is 4. The number of carboxylic acids is 1. The molecule has 0 aliphatic carbocycles. The molecule has 8 heteroatoms. The molecule has 0 spiro atoms. The maximum Gasteiger partial charge on any atom is 0.333 e. The third kappa shape index (κ3) is 3.56. The van der Waals surface area contributed by atoms with Crippen molar-refractivity contribution >= 4 is 45.4 Å². The number of hydrazine groups is 1. The quantitative estimate of drug-likeness (QED) is 0.623. The molecule has 2 aliphatic heterocycles. The largest absolute Gasteiger partial charge is 0.478 e.